The molecule has 3 heteroatoms. The van der Waals surface area contributed by atoms with Crippen molar-refractivity contribution in [2.75, 3.05) is 0 Å². The summed E-state index contributed by atoms with van der Waals surface area (Å²) in [5.74, 6) is 0. The van der Waals surface area contributed by atoms with Gasteiger partial charge in [0, 0.05) is 0 Å². The van der Waals surface area contributed by atoms with Crippen LogP contribution in [0.5, 0.6) is 0 Å². The second-order valence-corrected chi connectivity index (χ2v) is 17.6. The average Bonchev–Trinajstić information content (AvgIpc) is 3.04. The molecular weight excluding hydrogens is 478 g/mol. The van der Waals surface area contributed by atoms with Crippen molar-refractivity contribution in [3.05, 3.63) is 64.8 Å². The molecule has 0 nitrogen and oxygen atoms in total. The Kier molecular flexibility index (Phi) is 7.23. The molecule has 0 bridgehead atoms. The van der Waals surface area contributed by atoms with E-state index in [0.29, 0.717) is 0 Å². The summed E-state index contributed by atoms with van der Waals surface area (Å²) >= 11 is -1.90. The number of hydrogen-bond donors (Lipinski definition) is 0. The molecule has 0 aliphatic heterocycles. The maximum Gasteiger partial charge on any atom is -1.00 e. The van der Waals surface area contributed by atoms with E-state index in [1.54, 1.807) is 8.82 Å². The minimum atomic E-state index is -1.90. The fourth-order valence-electron chi connectivity index (χ4n) is 3.53. The third-order valence-corrected chi connectivity index (χ3v) is 16.8. The first-order chi connectivity index (χ1) is 9.59. The summed E-state index contributed by atoms with van der Waals surface area (Å²) in [6.45, 7) is 9.28. The van der Waals surface area contributed by atoms with Gasteiger partial charge in [-0.15, -0.1) is 0 Å². The molecule has 1 unspecified atom stereocenters. The number of benzene rings is 1. The first-order valence-corrected chi connectivity index (χ1v) is 13.3. The SMILES string of the molecule is C[C](C)=[Hf+2]([CH]1C=CC=C1)[CH]1C=Cc2c(C)ccc(C)c21.[Cl-].[Cl-]. The van der Waals surface area contributed by atoms with E-state index < -0.39 is 21.0 Å². The van der Waals surface area contributed by atoms with Gasteiger partial charge in [-0.1, -0.05) is 0 Å². The van der Waals surface area contributed by atoms with Crippen LogP contribution in [0.3, 0.4) is 0 Å². The van der Waals surface area contributed by atoms with Gasteiger partial charge in [-0.3, -0.25) is 0 Å². The summed E-state index contributed by atoms with van der Waals surface area (Å²) in [7, 11) is 0. The molecule has 0 saturated carbocycles. The smallest absolute Gasteiger partial charge is 1.00 e. The van der Waals surface area contributed by atoms with Crippen molar-refractivity contribution in [1.29, 1.82) is 0 Å². The van der Waals surface area contributed by atoms with Crippen molar-refractivity contribution in [1.82, 2.24) is 0 Å². The van der Waals surface area contributed by atoms with Crippen LogP contribution in [0.15, 0.2) is 42.5 Å². The van der Waals surface area contributed by atoms with Gasteiger partial charge < -0.3 is 24.8 Å². The molecule has 1 aromatic carbocycles. The number of halogens is 2. The molecule has 0 saturated heterocycles. The fourth-order valence-corrected chi connectivity index (χ4v) is 15.5. The van der Waals surface area contributed by atoms with Crippen molar-refractivity contribution in [2.45, 2.75) is 35.0 Å². The van der Waals surface area contributed by atoms with Gasteiger partial charge in [-0.25, -0.2) is 0 Å². The molecule has 0 spiro atoms. The van der Waals surface area contributed by atoms with Gasteiger partial charge in [0.25, 0.3) is 0 Å². The number of rotatable bonds is 2. The van der Waals surface area contributed by atoms with Crippen LogP contribution in [0.25, 0.3) is 6.08 Å². The second kappa shape index (κ2) is 8.04. The Morgan fingerprint density at radius 1 is 0.909 bits per heavy atom. The van der Waals surface area contributed by atoms with Crippen molar-refractivity contribution < 1.29 is 45.8 Å². The normalized spacial score (nSPS) is 17.5. The molecule has 2 aliphatic carbocycles. The maximum atomic E-state index is 2.51. The topological polar surface area (TPSA) is 0 Å². The Bertz CT molecular complexity index is 665. The predicted octanol–water partition coefficient (Wildman–Crippen LogP) is -0.876. The number of aryl methyl sites for hydroxylation is 2. The first-order valence-electron chi connectivity index (χ1n) is 7.40. The second-order valence-electron chi connectivity index (χ2n) is 6.11. The maximum absolute atomic E-state index is 2.51. The van der Waals surface area contributed by atoms with E-state index in [2.05, 4.69) is 76.3 Å². The molecule has 0 amide bonds. The molecule has 0 heterocycles. The number of fused-ring (bicyclic) bond motifs is 1. The molecule has 2 aliphatic rings. The monoisotopic (exact) mass is 500 g/mol. The van der Waals surface area contributed by atoms with Crippen LogP contribution in [-0.4, -0.2) is 3.26 Å². The van der Waals surface area contributed by atoms with Gasteiger partial charge in [0.15, 0.2) is 0 Å². The van der Waals surface area contributed by atoms with E-state index in [-0.39, 0.29) is 24.8 Å². The molecule has 0 radical (unpaired) electrons. The fraction of sp³-hybridized carbons (Fsp3) is 0.316. The van der Waals surface area contributed by atoms with E-state index in [1.807, 2.05) is 0 Å². The van der Waals surface area contributed by atoms with Gasteiger partial charge in [-0.05, 0) is 0 Å². The molecular formula is C19H22Cl2Hf. The van der Waals surface area contributed by atoms with E-state index >= 15 is 0 Å². The van der Waals surface area contributed by atoms with Gasteiger partial charge in [-0.2, -0.15) is 0 Å². The van der Waals surface area contributed by atoms with Crippen LogP contribution >= 0.6 is 0 Å². The molecule has 0 fully saturated rings. The van der Waals surface area contributed by atoms with Crippen molar-refractivity contribution in [2.24, 2.45) is 0 Å². The van der Waals surface area contributed by atoms with Crippen LogP contribution in [0, 0.1) is 13.8 Å². The number of hydrogen-bond acceptors (Lipinski definition) is 0. The van der Waals surface area contributed by atoms with E-state index in [9.17, 15) is 0 Å². The Hall–Kier alpha value is -0.240. The third-order valence-electron chi connectivity index (χ3n) is 4.51. The van der Waals surface area contributed by atoms with Crippen LogP contribution in [-0.2, 0) is 21.0 Å². The van der Waals surface area contributed by atoms with E-state index in [0.717, 1.165) is 7.35 Å². The van der Waals surface area contributed by atoms with Crippen molar-refractivity contribution in [3.63, 3.8) is 0 Å². The quantitative estimate of drug-likeness (QED) is 0.464. The summed E-state index contributed by atoms with van der Waals surface area (Å²) in [5, 5.41) is 0. The zero-order valence-corrected chi connectivity index (χ0v) is 18.6. The molecule has 0 aromatic heterocycles. The van der Waals surface area contributed by atoms with Gasteiger partial charge >= 0.3 is 130 Å². The van der Waals surface area contributed by atoms with Gasteiger partial charge in [0.05, 0.1) is 0 Å². The number of allylic oxidation sites excluding steroid dienone is 5. The Balaban J connectivity index is 0.00000121. The van der Waals surface area contributed by atoms with E-state index in [4.69, 9.17) is 0 Å². The van der Waals surface area contributed by atoms with Crippen LogP contribution in [0.2, 0.25) is 3.67 Å². The van der Waals surface area contributed by atoms with Crippen LogP contribution < -0.4 is 24.8 Å². The van der Waals surface area contributed by atoms with Gasteiger partial charge in [0.2, 0.25) is 0 Å². The summed E-state index contributed by atoms with van der Waals surface area (Å²) in [5.41, 5.74) is 6.06. The third kappa shape index (κ3) is 3.47. The average molecular weight is 500 g/mol. The summed E-state index contributed by atoms with van der Waals surface area (Å²) in [6, 6.07) is 4.58. The van der Waals surface area contributed by atoms with Gasteiger partial charge in [0.1, 0.15) is 0 Å². The van der Waals surface area contributed by atoms with Crippen LogP contribution in [0.4, 0.5) is 0 Å². The zero-order chi connectivity index (χ0) is 14.3. The summed E-state index contributed by atoms with van der Waals surface area (Å²) in [6.07, 6.45) is 14.2. The molecule has 0 N–H and O–H groups in total. The minimum absolute atomic E-state index is 0. The zero-order valence-electron chi connectivity index (χ0n) is 13.5. The summed E-state index contributed by atoms with van der Waals surface area (Å²) < 4.78 is 3.22. The summed E-state index contributed by atoms with van der Waals surface area (Å²) in [4.78, 5) is 0. The first kappa shape index (κ1) is 19.8. The molecule has 3 rings (SSSR count). The minimum Gasteiger partial charge on any atom is -1.00 e. The Morgan fingerprint density at radius 2 is 1.50 bits per heavy atom. The Labute approximate surface area is 154 Å². The largest absolute Gasteiger partial charge is 1.00 e. The molecule has 1 atom stereocenters. The molecule has 116 valence electrons. The van der Waals surface area contributed by atoms with Crippen LogP contribution in [0.1, 0.15) is 39.8 Å². The standard InChI is InChI=1S/C11H11.C5H5.C3H6.2ClH.Hf/c1-8-6-7-9(2)11-5-3-4-10(8)11;1-2-4-5-3-1;1-3-2;;;/h3-7H,1-2H3;1-5H;1-2H3;2*1H;/q;;;;;+2/p-2. The van der Waals surface area contributed by atoms with E-state index in [1.165, 1.54) is 16.7 Å². The Morgan fingerprint density at radius 3 is 2.09 bits per heavy atom. The van der Waals surface area contributed by atoms with Crippen molar-refractivity contribution >= 4 is 9.33 Å². The van der Waals surface area contributed by atoms with Crippen molar-refractivity contribution in [3.8, 4) is 0 Å². The predicted molar refractivity (Wildman–Crippen MR) is 86.1 cm³/mol. The molecule has 1 aromatic rings. The molecule has 22 heavy (non-hydrogen) atoms.